The molecule has 0 aromatic carbocycles. The van der Waals surface area contributed by atoms with Crippen LogP contribution in [0.1, 0.15) is 58.8 Å². The molecule has 17 heavy (non-hydrogen) atoms. The molecule has 1 aliphatic rings. The number of ketones is 1. The van der Waals surface area contributed by atoms with Crippen LogP contribution in [0.15, 0.2) is 0 Å². The van der Waals surface area contributed by atoms with Crippen molar-refractivity contribution in [3.05, 3.63) is 0 Å². The van der Waals surface area contributed by atoms with Crippen molar-refractivity contribution in [1.82, 2.24) is 5.32 Å². The third-order valence-corrected chi connectivity index (χ3v) is 3.61. The van der Waals surface area contributed by atoms with Crippen LogP contribution in [0.4, 0.5) is 0 Å². The van der Waals surface area contributed by atoms with Crippen molar-refractivity contribution < 1.29 is 9.59 Å². The van der Waals surface area contributed by atoms with Crippen LogP contribution in [0.5, 0.6) is 0 Å². The van der Waals surface area contributed by atoms with Gasteiger partial charge in [-0.2, -0.15) is 0 Å². The van der Waals surface area contributed by atoms with Crippen LogP contribution >= 0.6 is 0 Å². The van der Waals surface area contributed by atoms with E-state index in [1.165, 1.54) is 32.1 Å². The van der Waals surface area contributed by atoms with Crippen molar-refractivity contribution >= 4 is 11.7 Å². The molecule has 0 atom stereocenters. The lowest BCUT2D eigenvalue weighted by molar-refractivity contribution is -0.126. The quantitative estimate of drug-likeness (QED) is 0.774. The highest BCUT2D eigenvalue weighted by molar-refractivity contribution is 5.87. The van der Waals surface area contributed by atoms with Gasteiger partial charge in [0.25, 0.3) is 0 Å². The molecule has 0 aliphatic heterocycles. The highest BCUT2D eigenvalue weighted by atomic mass is 16.2. The fourth-order valence-corrected chi connectivity index (χ4v) is 2.29. The normalized spacial score (nSPS) is 17.1. The van der Waals surface area contributed by atoms with Gasteiger partial charge in [-0.3, -0.25) is 9.59 Å². The molecule has 1 saturated carbocycles. The molecule has 0 unspecified atom stereocenters. The molecule has 0 spiro atoms. The van der Waals surface area contributed by atoms with E-state index in [2.05, 4.69) is 5.32 Å². The van der Waals surface area contributed by atoms with Crippen LogP contribution in [0, 0.1) is 11.8 Å². The number of Topliss-reactive ketones (excluding diaryl/α,β-unsaturated/α-hetero) is 1. The third-order valence-electron chi connectivity index (χ3n) is 3.61. The van der Waals surface area contributed by atoms with E-state index >= 15 is 0 Å². The van der Waals surface area contributed by atoms with E-state index in [1.807, 2.05) is 13.8 Å². The number of amides is 1. The molecule has 3 heteroatoms. The molecule has 1 N–H and O–H groups in total. The molecule has 0 aromatic heterocycles. The molecule has 1 rings (SSSR count). The molecule has 0 saturated heterocycles. The van der Waals surface area contributed by atoms with Crippen LogP contribution in [0.2, 0.25) is 0 Å². The molecular weight excluding hydrogens is 214 g/mol. The van der Waals surface area contributed by atoms with E-state index in [9.17, 15) is 9.59 Å². The first-order valence-electron chi connectivity index (χ1n) is 6.89. The lowest BCUT2D eigenvalue weighted by Gasteiger charge is -2.20. The maximum atomic E-state index is 11.5. The van der Waals surface area contributed by atoms with Gasteiger partial charge >= 0.3 is 0 Å². The number of carbonyl (C=O) groups is 2. The van der Waals surface area contributed by atoms with Gasteiger partial charge in [0.2, 0.25) is 5.91 Å². The summed E-state index contributed by atoms with van der Waals surface area (Å²) in [6, 6.07) is 0. The maximum Gasteiger partial charge on any atom is 0.220 e. The Kier molecular flexibility index (Phi) is 6.23. The summed E-state index contributed by atoms with van der Waals surface area (Å²) in [5, 5.41) is 2.71. The van der Waals surface area contributed by atoms with Crippen LogP contribution in [0.3, 0.4) is 0 Å². The molecule has 0 heterocycles. The number of hydrogen-bond acceptors (Lipinski definition) is 2. The number of carbonyl (C=O) groups excluding carboxylic acids is 2. The fourth-order valence-electron chi connectivity index (χ4n) is 2.29. The standard InChI is InChI=1S/C14H25NO2/c1-11(2)13(16)10-15-14(17)9-8-12-6-4-3-5-7-12/h11-12H,3-10H2,1-2H3,(H,15,17). The summed E-state index contributed by atoms with van der Waals surface area (Å²) in [5.74, 6) is 0.879. The zero-order valence-corrected chi connectivity index (χ0v) is 11.1. The molecule has 0 aromatic rings. The smallest absolute Gasteiger partial charge is 0.220 e. The first kappa shape index (κ1) is 14.2. The van der Waals surface area contributed by atoms with Gasteiger partial charge in [0.1, 0.15) is 0 Å². The minimum absolute atomic E-state index is 0.00800. The Morgan fingerprint density at radius 2 is 1.82 bits per heavy atom. The van der Waals surface area contributed by atoms with Crippen molar-refractivity contribution in [2.24, 2.45) is 11.8 Å². The SMILES string of the molecule is CC(C)C(=O)CNC(=O)CCC1CCCCC1. The number of rotatable bonds is 6. The van der Waals surface area contributed by atoms with Crippen molar-refractivity contribution in [3.8, 4) is 0 Å². The Morgan fingerprint density at radius 3 is 2.41 bits per heavy atom. The Labute approximate surface area is 104 Å². The largest absolute Gasteiger partial charge is 0.349 e. The number of hydrogen-bond donors (Lipinski definition) is 1. The summed E-state index contributed by atoms with van der Waals surface area (Å²) >= 11 is 0. The maximum absolute atomic E-state index is 11.5. The summed E-state index contributed by atoms with van der Waals surface area (Å²) in [4.78, 5) is 22.9. The molecular formula is C14H25NO2. The van der Waals surface area contributed by atoms with Gasteiger partial charge in [-0.1, -0.05) is 46.0 Å². The zero-order valence-electron chi connectivity index (χ0n) is 11.1. The monoisotopic (exact) mass is 239 g/mol. The second kappa shape index (κ2) is 7.46. The van der Waals surface area contributed by atoms with Gasteiger partial charge in [0.05, 0.1) is 6.54 Å². The zero-order chi connectivity index (χ0) is 12.7. The predicted octanol–water partition coefficient (Wildman–Crippen LogP) is 2.69. The summed E-state index contributed by atoms with van der Waals surface area (Å²) in [7, 11) is 0. The first-order valence-corrected chi connectivity index (χ1v) is 6.89. The predicted molar refractivity (Wildman–Crippen MR) is 68.7 cm³/mol. The van der Waals surface area contributed by atoms with Gasteiger partial charge in [-0.05, 0) is 12.3 Å². The molecule has 1 amide bonds. The summed E-state index contributed by atoms with van der Waals surface area (Å²) in [6.45, 7) is 3.91. The molecule has 1 aliphatic carbocycles. The van der Waals surface area contributed by atoms with Gasteiger partial charge in [-0.25, -0.2) is 0 Å². The third kappa shape index (κ3) is 5.85. The number of nitrogens with one attached hydrogen (secondary N) is 1. The van der Waals surface area contributed by atoms with Crippen molar-refractivity contribution in [1.29, 1.82) is 0 Å². The minimum atomic E-state index is 0.00800. The van der Waals surface area contributed by atoms with E-state index < -0.39 is 0 Å². The Hall–Kier alpha value is -0.860. The molecule has 0 radical (unpaired) electrons. The average molecular weight is 239 g/mol. The van der Waals surface area contributed by atoms with Crippen molar-refractivity contribution in [2.75, 3.05) is 6.54 Å². The Bertz CT molecular complexity index is 255. The Balaban J connectivity index is 2.10. The summed E-state index contributed by atoms with van der Waals surface area (Å²) in [5.41, 5.74) is 0. The lowest BCUT2D eigenvalue weighted by atomic mass is 9.86. The second-order valence-electron chi connectivity index (χ2n) is 5.44. The summed E-state index contributed by atoms with van der Waals surface area (Å²) in [6.07, 6.45) is 8.11. The van der Waals surface area contributed by atoms with E-state index in [-0.39, 0.29) is 24.2 Å². The van der Waals surface area contributed by atoms with Gasteiger partial charge in [0, 0.05) is 12.3 Å². The van der Waals surface area contributed by atoms with Crippen LogP contribution in [-0.4, -0.2) is 18.2 Å². The average Bonchev–Trinajstić information content (AvgIpc) is 2.34. The Morgan fingerprint density at radius 1 is 1.18 bits per heavy atom. The molecule has 0 bridgehead atoms. The molecule has 98 valence electrons. The topological polar surface area (TPSA) is 46.2 Å². The molecule has 3 nitrogen and oxygen atoms in total. The van der Waals surface area contributed by atoms with Crippen LogP contribution in [0.25, 0.3) is 0 Å². The van der Waals surface area contributed by atoms with E-state index in [0.717, 1.165) is 12.3 Å². The van der Waals surface area contributed by atoms with Gasteiger partial charge < -0.3 is 5.32 Å². The van der Waals surface area contributed by atoms with Crippen LogP contribution < -0.4 is 5.32 Å². The second-order valence-corrected chi connectivity index (χ2v) is 5.44. The lowest BCUT2D eigenvalue weighted by Crippen LogP contribution is -2.31. The first-order chi connectivity index (χ1) is 8.09. The van der Waals surface area contributed by atoms with Crippen molar-refractivity contribution in [2.45, 2.75) is 58.8 Å². The van der Waals surface area contributed by atoms with Gasteiger partial charge in [-0.15, -0.1) is 0 Å². The molecule has 1 fully saturated rings. The minimum Gasteiger partial charge on any atom is -0.349 e. The highest BCUT2D eigenvalue weighted by Gasteiger charge is 2.15. The van der Waals surface area contributed by atoms with Crippen LogP contribution in [-0.2, 0) is 9.59 Å². The van der Waals surface area contributed by atoms with E-state index in [1.54, 1.807) is 0 Å². The van der Waals surface area contributed by atoms with E-state index in [0.29, 0.717) is 6.42 Å². The van der Waals surface area contributed by atoms with E-state index in [4.69, 9.17) is 0 Å². The summed E-state index contributed by atoms with van der Waals surface area (Å²) < 4.78 is 0. The highest BCUT2D eigenvalue weighted by Crippen LogP contribution is 2.27. The van der Waals surface area contributed by atoms with Gasteiger partial charge in [0.15, 0.2) is 5.78 Å². The fraction of sp³-hybridized carbons (Fsp3) is 0.857. The van der Waals surface area contributed by atoms with Crippen molar-refractivity contribution in [3.63, 3.8) is 0 Å².